The molecule has 2 aromatic carbocycles. The van der Waals surface area contributed by atoms with Crippen LogP contribution >= 0.6 is 0 Å². The molecule has 0 spiro atoms. The van der Waals surface area contributed by atoms with E-state index in [9.17, 15) is 9.18 Å². The molecule has 1 amide bonds. The molecule has 290 valence electrons. The molecule has 6 aromatic rings. The number of morpholine rings is 1. The van der Waals surface area contributed by atoms with Crippen LogP contribution in [0.1, 0.15) is 17.8 Å². The lowest BCUT2D eigenvalue weighted by atomic mass is 10.1. The van der Waals surface area contributed by atoms with E-state index < -0.39 is 11.9 Å². The number of hydrogen-bond acceptors (Lipinski definition) is 12. The zero-order chi connectivity index (χ0) is 38.5. The number of benzene rings is 2. The molecular weight excluding hydrogens is 718 g/mol. The Bertz CT molecular complexity index is 2430. The number of imidazole rings is 1. The second-order valence-corrected chi connectivity index (χ2v) is 14.7. The SMILES string of the molecule is COc1cc(F)ccc1-n1ncc2c(N3C[C@@H]4C[C@H]3C(=O)N(C)CC(OC)Cn3c(C)nc5cccc(c53)-c3cc(CN5CCOCC5)cc(n3)N4)ncnc21. The van der Waals surface area contributed by atoms with E-state index in [4.69, 9.17) is 29.2 Å². The number of para-hydroxylation sites is 1. The quantitative estimate of drug-likeness (QED) is 0.262. The highest BCUT2D eigenvalue weighted by Crippen LogP contribution is 2.36. The van der Waals surface area contributed by atoms with Gasteiger partial charge in [-0.25, -0.2) is 29.0 Å². The molecule has 4 bridgehead atoms. The molecule has 3 aliphatic rings. The fraction of sp³-hybridized carbons (Fsp3) is 0.400. The summed E-state index contributed by atoms with van der Waals surface area (Å²) in [6.45, 7) is 7.17. The number of ether oxygens (including phenoxy) is 3. The van der Waals surface area contributed by atoms with E-state index in [1.807, 2.05) is 31.0 Å². The summed E-state index contributed by atoms with van der Waals surface area (Å²) in [7, 11) is 4.99. The van der Waals surface area contributed by atoms with Crippen LogP contribution < -0.4 is 15.0 Å². The highest BCUT2D eigenvalue weighted by molar-refractivity contribution is 5.94. The van der Waals surface area contributed by atoms with Gasteiger partial charge in [0.25, 0.3) is 0 Å². The number of nitrogens with zero attached hydrogens (tertiary/aromatic N) is 10. The standard InChI is InChI=1S/C40H44FN11O4/c1-24-45-31-7-5-6-29-32-14-25(19-49-10-12-56-13-11-49)15-36(47-32)46-27-17-34(40(53)48(2)21-28(54-3)22-50(24)37(29)31)51(20-27)38-30-18-44-52(39(30)43-23-42-38)33-9-8-26(41)16-35(33)55-4/h5-9,14-16,18,23,27-28,34H,10-13,17,19-22H2,1-4H3,(H,46,47)/t27-,28?,34-/m0/s1. The molecule has 1 unspecified atom stereocenters. The predicted molar refractivity (Wildman–Crippen MR) is 209 cm³/mol. The summed E-state index contributed by atoms with van der Waals surface area (Å²) in [4.78, 5) is 40.4. The number of hydrogen-bond donors (Lipinski definition) is 1. The summed E-state index contributed by atoms with van der Waals surface area (Å²) >= 11 is 0. The second-order valence-electron chi connectivity index (χ2n) is 14.7. The lowest BCUT2D eigenvalue weighted by Gasteiger charge is -2.30. The Morgan fingerprint density at radius 2 is 1.88 bits per heavy atom. The van der Waals surface area contributed by atoms with Crippen LogP contribution in [0.25, 0.3) is 39.0 Å². The van der Waals surface area contributed by atoms with E-state index in [1.54, 1.807) is 29.0 Å². The summed E-state index contributed by atoms with van der Waals surface area (Å²) in [5.41, 5.74) is 5.84. The van der Waals surface area contributed by atoms with Gasteiger partial charge >= 0.3 is 0 Å². The van der Waals surface area contributed by atoms with E-state index in [0.29, 0.717) is 67.6 Å². The number of methoxy groups -OCH3 is 2. The number of carbonyl (C=O) groups is 1. The maximum absolute atomic E-state index is 14.7. The van der Waals surface area contributed by atoms with Crippen LogP contribution in [0.3, 0.4) is 0 Å². The highest BCUT2D eigenvalue weighted by Gasteiger charge is 2.41. The number of anilines is 2. The first-order valence-corrected chi connectivity index (χ1v) is 18.9. The summed E-state index contributed by atoms with van der Waals surface area (Å²) in [5.74, 6) is 1.98. The summed E-state index contributed by atoms with van der Waals surface area (Å²) in [6, 6.07) is 14.0. The van der Waals surface area contributed by atoms with Gasteiger partial charge in [0, 0.05) is 64.6 Å². The van der Waals surface area contributed by atoms with Gasteiger partial charge in [-0.2, -0.15) is 5.10 Å². The van der Waals surface area contributed by atoms with Crippen molar-refractivity contribution in [2.75, 3.05) is 70.9 Å². The van der Waals surface area contributed by atoms with Crippen molar-refractivity contribution in [3.63, 3.8) is 0 Å². The minimum absolute atomic E-state index is 0.0619. The number of nitrogens with one attached hydrogen (secondary N) is 1. The minimum Gasteiger partial charge on any atom is -0.494 e. The maximum atomic E-state index is 14.7. The van der Waals surface area contributed by atoms with E-state index in [1.165, 1.54) is 25.6 Å². The van der Waals surface area contributed by atoms with Crippen molar-refractivity contribution in [3.8, 4) is 22.7 Å². The van der Waals surface area contributed by atoms with E-state index in [-0.39, 0.29) is 18.1 Å². The average Bonchev–Trinajstić information content (AvgIpc) is 3.92. The average molecular weight is 762 g/mol. The molecule has 4 aromatic heterocycles. The van der Waals surface area contributed by atoms with Crippen molar-refractivity contribution in [2.24, 2.45) is 0 Å². The Balaban J connectivity index is 1.15. The molecular formula is C40H44FN11O4. The molecule has 1 N–H and O–H groups in total. The van der Waals surface area contributed by atoms with Crippen LogP contribution in [0, 0.1) is 12.7 Å². The van der Waals surface area contributed by atoms with Gasteiger partial charge in [0.1, 0.15) is 47.1 Å². The predicted octanol–water partition coefficient (Wildman–Crippen LogP) is 4.06. The van der Waals surface area contributed by atoms with Crippen molar-refractivity contribution < 1.29 is 23.4 Å². The van der Waals surface area contributed by atoms with Gasteiger partial charge in [-0.3, -0.25) is 9.69 Å². The summed E-state index contributed by atoms with van der Waals surface area (Å²) < 4.78 is 35.1. The molecule has 3 aliphatic heterocycles. The zero-order valence-electron chi connectivity index (χ0n) is 31.9. The third kappa shape index (κ3) is 6.56. The highest BCUT2D eigenvalue weighted by atomic mass is 19.1. The number of amides is 1. The number of aromatic nitrogens is 7. The zero-order valence-corrected chi connectivity index (χ0v) is 31.9. The maximum Gasteiger partial charge on any atom is 0.245 e. The van der Waals surface area contributed by atoms with Gasteiger partial charge in [-0.05, 0) is 49.2 Å². The Hall–Kier alpha value is -5.71. The molecule has 3 atom stereocenters. The summed E-state index contributed by atoms with van der Waals surface area (Å²) in [6.07, 6.45) is 3.32. The van der Waals surface area contributed by atoms with Gasteiger partial charge < -0.3 is 33.9 Å². The van der Waals surface area contributed by atoms with Crippen molar-refractivity contribution in [1.29, 1.82) is 0 Å². The first kappa shape index (κ1) is 36.0. The van der Waals surface area contributed by atoms with E-state index in [2.05, 4.69) is 43.1 Å². The first-order valence-electron chi connectivity index (χ1n) is 18.9. The van der Waals surface area contributed by atoms with Crippen molar-refractivity contribution in [3.05, 3.63) is 78.3 Å². The molecule has 0 radical (unpaired) electrons. The van der Waals surface area contributed by atoms with Crippen molar-refractivity contribution in [1.82, 2.24) is 44.1 Å². The van der Waals surface area contributed by atoms with Crippen molar-refractivity contribution >= 4 is 39.6 Å². The third-order valence-electron chi connectivity index (χ3n) is 11.1. The van der Waals surface area contributed by atoms with Crippen LogP contribution in [-0.2, 0) is 27.4 Å². The molecule has 16 heteroatoms. The Kier molecular flexibility index (Phi) is 9.47. The third-order valence-corrected chi connectivity index (χ3v) is 11.1. The smallest absolute Gasteiger partial charge is 0.245 e. The molecule has 9 rings (SSSR count). The van der Waals surface area contributed by atoms with Gasteiger partial charge in [-0.1, -0.05) is 12.1 Å². The fourth-order valence-corrected chi connectivity index (χ4v) is 8.38. The van der Waals surface area contributed by atoms with Gasteiger partial charge in [0.2, 0.25) is 5.91 Å². The second kappa shape index (κ2) is 14.7. The van der Waals surface area contributed by atoms with Crippen LogP contribution in [0.15, 0.2) is 61.1 Å². The summed E-state index contributed by atoms with van der Waals surface area (Å²) in [5, 5.41) is 9.03. The first-order chi connectivity index (χ1) is 27.3. The van der Waals surface area contributed by atoms with Crippen LogP contribution in [-0.4, -0.2) is 129 Å². The molecule has 15 nitrogen and oxygen atoms in total. The number of rotatable bonds is 6. The Labute approximate surface area is 323 Å². The Morgan fingerprint density at radius 1 is 1.02 bits per heavy atom. The molecule has 56 heavy (non-hydrogen) atoms. The van der Waals surface area contributed by atoms with Crippen LogP contribution in [0.5, 0.6) is 5.75 Å². The minimum atomic E-state index is -0.572. The number of fused-ring (bicyclic) bond motifs is 6. The normalized spacial score (nSPS) is 20.7. The molecule has 2 saturated heterocycles. The van der Waals surface area contributed by atoms with Gasteiger partial charge in [0.05, 0.1) is 61.3 Å². The molecule has 0 aliphatic carbocycles. The largest absolute Gasteiger partial charge is 0.494 e. The molecule has 7 heterocycles. The lowest BCUT2D eigenvalue weighted by Crippen LogP contribution is -2.47. The molecule has 2 fully saturated rings. The van der Waals surface area contributed by atoms with E-state index >= 15 is 0 Å². The number of aryl methyl sites for hydroxylation is 1. The number of carbonyl (C=O) groups excluding carboxylic acids is 1. The van der Waals surface area contributed by atoms with Gasteiger partial charge in [0.15, 0.2) is 5.65 Å². The topological polar surface area (TPSA) is 141 Å². The number of halogens is 1. The number of pyridine rings is 1. The van der Waals surface area contributed by atoms with Crippen LogP contribution in [0.4, 0.5) is 16.0 Å². The van der Waals surface area contributed by atoms with Crippen LogP contribution in [0.2, 0.25) is 0 Å². The Morgan fingerprint density at radius 3 is 2.70 bits per heavy atom. The number of likely N-dealkylation sites (N-methyl/N-ethyl adjacent to an activating group) is 1. The lowest BCUT2D eigenvalue weighted by molar-refractivity contribution is -0.132. The molecule has 0 saturated carbocycles. The van der Waals surface area contributed by atoms with Gasteiger partial charge in [-0.15, -0.1) is 0 Å². The van der Waals surface area contributed by atoms with E-state index in [0.717, 1.165) is 59.1 Å². The fourth-order valence-electron chi connectivity index (χ4n) is 8.38. The van der Waals surface area contributed by atoms with Crippen molar-refractivity contribution in [2.45, 2.75) is 44.6 Å². The monoisotopic (exact) mass is 761 g/mol.